The fraction of sp³-hybridized carbons (Fsp3) is 1.00. The Hall–Kier alpha value is 0.240. The molecule has 0 aromatic heterocycles. The quantitative estimate of drug-likeness (QED) is 0.305. The highest BCUT2D eigenvalue weighted by atomic mass is 127. The molecule has 0 nitrogen and oxygen atoms in total. The molecule has 0 radical (unpaired) electrons. The van der Waals surface area contributed by atoms with Crippen LogP contribution in [0.3, 0.4) is 0 Å². The molecule has 0 spiro atoms. The van der Waals surface area contributed by atoms with E-state index in [0.717, 1.165) is 0 Å². The fourth-order valence-electron chi connectivity index (χ4n) is 1.81. The molecule has 8 heteroatoms. The lowest BCUT2D eigenvalue weighted by Crippen LogP contribution is -2.56. The molecule has 0 fully saturated rings. The standard InChI is InChI=1S/C11H16F7I/c1-4-7(2)5-8(3,19)6-9(12,10(13,14)15)11(16,17)18/h7H,4-6H2,1-3H3. The number of rotatable bonds is 5. The Balaban J connectivity index is 5.26. The topological polar surface area (TPSA) is 0 Å². The molecule has 2 unspecified atom stereocenters. The minimum Gasteiger partial charge on any atom is -0.224 e. The van der Waals surface area contributed by atoms with Crippen molar-refractivity contribution in [1.82, 2.24) is 0 Å². The maximum Gasteiger partial charge on any atom is 0.431 e. The van der Waals surface area contributed by atoms with E-state index in [0.29, 0.717) is 6.42 Å². The molecule has 0 heterocycles. The van der Waals surface area contributed by atoms with Crippen LogP contribution in [0, 0.1) is 5.92 Å². The zero-order valence-corrected chi connectivity index (χ0v) is 12.9. The molecule has 0 saturated carbocycles. The zero-order chi connectivity index (χ0) is 15.7. The van der Waals surface area contributed by atoms with Crippen LogP contribution >= 0.6 is 22.6 Å². The van der Waals surface area contributed by atoms with Gasteiger partial charge in [0.15, 0.2) is 0 Å². The van der Waals surface area contributed by atoms with Crippen molar-refractivity contribution in [3.8, 4) is 0 Å². The van der Waals surface area contributed by atoms with Gasteiger partial charge in [0.1, 0.15) is 0 Å². The summed E-state index contributed by atoms with van der Waals surface area (Å²) in [6, 6.07) is 0. The van der Waals surface area contributed by atoms with Crippen LogP contribution in [0.1, 0.15) is 40.0 Å². The minimum atomic E-state index is -5.97. The second-order valence-electron chi connectivity index (χ2n) is 5.10. The first kappa shape index (κ1) is 19.2. The van der Waals surface area contributed by atoms with E-state index in [1.54, 1.807) is 13.8 Å². The summed E-state index contributed by atoms with van der Waals surface area (Å²) in [5.74, 6) is -0.0763. The Labute approximate surface area is 121 Å². The van der Waals surface area contributed by atoms with Gasteiger partial charge in [-0.15, -0.1) is 0 Å². The van der Waals surface area contributed by atoms with E-state index in [2.05, 4.69) is 0 Å². The smallest absolute Gasteiger partial charge is 0.224 e. The largest absolute Gasteiger partial charge is 0.431 e. The van der Waals surface area contributed by atoms with Crippen molar-refractivity contribution >= 4 is 22.6 Å². The number of halogens is 8. The minimum absolute atomic E-state index is 0.0763. The van der Waals surface area contributed by atoms with E-state index < -0.39 is 27.9 Å². The molecule has 116 valence electrons. The third-order valence-electron chi connectivity index (χ3n) is 2.98. The van der Waals surface area contributed by atoms with Crippen LogP contribution < -0.4 is 0 Å². The lowest BCUT2D eigenvalue weighted by Gasteiger charge is -2.36. The molecule has 0 aromatic carbocycles. The molecule has 0 aliphatic carbocycles. The normalized spacial score (nSPS) is 19.1. The van der Waals surface area contributed by atoms with Gasteiger partial charge < -0.3 is 0 Å². The molecule has 2 atom stereocenters. The fourth-order valence-corrected chi connectivity index (χ4v) is 3.09. The number of hydrogen-bond donors (Lipinski definition) is 0. The van der Waals surface area contributed by atoms with Crippen molar-refractivity contribution in [2.24, 2.45) is 5.92 Å². The predicted octanol–water partition coefficient (Wildman–Crippen LogP) is 5.84. The van der Waals surface area contributed by atoms with Gasteiger partial charge in [-0.05, 0) is 12.3 Å². The van der Waals surface area contributed by atoms with Gasteiger partial charge in [0.05, 0.1) is 0 Å². The van der Waals surface area contributed by atoms with Crippen LogP contribution in [-0.4, -0.2) is 21.4 Å². The molecule has 0 N–H and O–H groups in total. The molecular weight excluding hydrogens is 392 g/mol. The molecular formula is C11H16F7I. The van der Waals surface area contributed by atoms with Crippen LogP contribution in [0.5, 0.6) is 0 Å². The Bertz CT molecular complexity index is 278. The average Bonchev–Trinajstić information content (AvgIpc) is 2.12. The first-order valence-corrected chi connectivity index (χ1v) is 6.75. The van der Waals surface area contributed by atoms with E-state index in [-0.39, 0.29) is 12.3 Å². The average molecular weight is 408 g/mol. The summed E-state index contributed by atoms with van der Waals surface area (Å²) >= 11 is 1.48. The van der Waals surface area contributed by atoms with Crippen LogP contribution in [0.2, 0.25) is 0 Å². The maximum absolute atomic E-state index is 13.6. The number of hydrogen-bond acceptors (Lipinski definition) is 0. The van der Waals surface area contributed by atoms with Crippen molar-refractivity contribution in [2.45, 2.75) is 61.5 Å². The first-order valence-electron chi connectivity index (χ1n) is 5.67. The van der Waals surface area contributed by atoms with Gasteiger partial charge in [-0.2, -0.15) is 26.3 Å². The van der Waals surface area contributed by atoms with E-state index in [4.69, 9.17) is 0 Å². The molecule has 0 bridgehead atoms. The molecule has 0 amide bonds. The monoisotopic (exact) mass is 408 g/mol. The van der Waals surface area contributed by atoms with Gasteiger partial charge in [0.2, 0.25) is 0 Å². The van der Waals surface area contributed by atoms with Crippen LogP contribution in [0.25, 0.3) is 0 Å². The molecule has 0 saturated heterocycles. The Morgan fingerprint density at radius 3 is 1.58 bits per heavy atom. The van der Waals surface area contributed by atoms with E-state index in [9.17, 15) is 30.7 Å². The summed E-state index contributed by atoms with van der Waals surface area (Å²) < 4.78 is 86.9. The second kappa shape index (κ2) is 5.93. The second-order valence-corrected chi connectivity index (χ2v) is 7.71. The van der Waals surface area contributed by atoms with E-state index in [1.165, 1.54) is 29.5 Å². The van der Waals surface area contributed by atoms with Crippen LogP contribution in [-0.2, 0) is 0 Å². The highest BCUT2D eigenvalue weighted by Crippen LogP contribution is 2.52. The SMILES string of the molecule is CCC(C)CC(C)(I)CC(F)(C(F)(F)F)C(F)(F)F. The molecule has 0 rings (SSSR count). The lowest BCUT2D eigenvalue weighted by atomic mass is 9.85. The summed E-state index contributed by atoms with van der Waals surface area (Å²) in [4.78, 5) is 0. The molecule has 0 aromatic rings. The van der Waals surface area contributed by atoms with Gasteiger partial charge in [0, 0.05) is 9.84 Å². The molecule has 0 aliphatic rings. The number of alkyl halides is 8. The van der Waals surface area contributed by atoms with Crippen molar-refractivity contribution in [1.29, 1.82) is 0 Å². The zero-order valence-electron chi connectivity index (χ0n) is 10.7. The molecule has 19 heavy (non-hydrogen) atoms. The van der Waals surface area contributed by atoms with E-state index in [1.807, 2.05) is 0 Å². The van der Waals surface area contributed by atoms with Gasteiger partial charge in [-0.3, -0.25) is 0 Å². The lowest BCUT2D eigenvalue weighted by molar-refractivity contribution is -0.344. The Morgan fingerprint density at radius 1 is 0.947 bits per heavy atom. The third-order valence-corrected chi connectivity index (χ3v) is 3.80. The van der Waals surface area contributed by atoms with Crippen LogP contribution in [0.4, 0.5) is 30.7 Å². The highest BCUT2D eigenvalue weighted by molar-refractivity contribution is 14.1. The van der Waals surface area contributed by atoms with E-state index >= 15 is 0 Å². The third kappa shape index (κ3) is 4.93. The summed E-state index contributed by atoms with van der Waals surface area (Å²) in [5.41, 5.74) is -5.16. The summed E-state index contributed by atoms with van der Waals surface area (Å²) in [5, 5.41) is 0. The predicted molar refractivity (Wildman–Crippen MR) is 67.1 cm³/mol. The van der Waals surface area contributed by atoms with Gasteiger partial charge in [-0.1, -0.05) is 49.8 Å². The van der Waals surface area contributed by atoms with Gasteiger partial charge in [-0.25, -0.2) is 4.39 Å². The van der Waals surface area contributed by atoms with Crippen molar-refractivity contribution in [3.63, 3.8) is 0 Å². The van der Waals surface area contributed by atoms with Gasteiger partial charge >= 0.3 is 12.4 Å². The Morgan fingerprint density at radius 2 is 1.32 bits per heavy atom. The first-order chi connectivity index (χ1) is 8.16. The van der Waals surface area contributed by atoms with Crippen LogP contribution in [0.15, 0.2) is 0 Å². The summed E-state index contributed by atoms with van der Waals surface area (Å²) in [6.45, 7) is 4.69. The molecule has 0 aliphatic heterocycles. The van der Waals surface area contributed by atoms with Gasteiger partial charge in [0.25, 0.3) is 5.67 Å². The Kier molecular flexibility index (Phi) is 6.00. The summed E-state index contributed by atoms with van der Waals surface area (Å²) in [7, 11) is 0. The van der Waals surface area contributed by atoms with Crippen molar-refractivity contribution < 1.29 is 30.7 Å². The maximum atomic E-state index is 13.6. The summed E-state index contributed by atoms with van der Waals surface area (Å²) in [6.07, 6.45) is -12.9. The van der Waals surface area contributed by atoms with Crippen molar-refractivity contribution in [3.05, 3.63) is 0 Å². The highest BCUT2D eigenvalue weighted by Gasteiger charge is 2.73. The van der Waals surface area contributed by atoms with Crippen molar-refractivity contribution in [2.75, 3.05) is 0 Å².